The Bertz CT molecular complexity index is 1170. The van der Waals surface area contributed by atoms with Gasteiger partial charge >= 0.3 is 5.97 Å². The third kappa shape index (κ3) is 4.98. The van der Waals surface area contributed by atoms with Crippen LogP contribution in [-0.2, 0) is 4.79 Å². The highest BCUT2D eigenvalue weighted by Crippen LogP contribution is 2.46. The molecule has 1 unspecified atom stereocenters. The molecular formula is C27H30N4O3. The predicted octanol–water partition coefficient (Wildman–Crippen LogP) is 4.73. The number of rotatable bonds is 10. The number of anilines is 1. The highest BCUT2D eigenvalue weighted by atomic mass is 16.4. The topological polar surface area (TPSA) is 96.3 Å². The molecule has 0 bridgehead atoms. The summed E-state index contributed by atoms with van der Waals surface area (Å²) in [5.74, 6) is 0.810. The maximum Gasteiger partial charge on any atom is 0.305 e. The van der Waals surface area contributed by atoms with E-state index in [1.54, 1.807) is 10.7 Å². The molecule has 2 fully saturated rings. The molecule has 176 valence electrons. The van der Waals surface area contributed by atoms with Crippen LogP contribution in [0.4, 0.5) is 5.82 Å². The van der Waals surface area contributed by atoms with E-state index in [2.05, 4.69) is 15.7 Å². The van der Waals surface area contributed by atoms with Crippen molar-refractivity contribution in [3.05, 3.63) is 77.5 Å². The van der Waals surface area contributed by atoms with Gasteiger partial charge < -0.3 is 15.7 Å². The van der Waals surface area contributed by atoms with Gasteiger partial charge in [0.15, 0.2) is 5.69 Å². The molecule has 1 atom stereocenters. The summed E-state index contributed by atoms with van der Waals surface area (Å²) in [6, 6.07) is 18.8. The number of carbonyl (C=O) groups excluding carboxylic acids is 1. The van der Waals surface area contributed by atoms with Crippen LogP contribution >= 0.6 is 0 Å². The highest BCUT2D eigenvalue weighted by Gasteiger charge is 2.42. The lowest BCUT2D eigenvalue weighted by molar-refractivity contribution is -0.137. The number of nitrogens with zero attached hydrogens (tertiary/aromatic N) is 2. The molecule has 5 rings (SSSR count). The van der Waals surface area contributed by atoms with Crippen LogP contribution in [0.3, 0.4) is 0 Å². The molecule has 2 saturated carbocycles. The van der Waals surface area contributed by atoms with Crippen molar-refractivity contribution in [2.24, 2.45) is 11.8 Å². The van der Waals surface area contributed by atoms with Crippen LogP contribution < -0.4 is 10.6 Å². The molecule has 0 saturated heterocycles. The summed E-state index contributed by atoms with van der Waals surface area (Å²) >= 11 is 0. The van der Waals surface area contributed by atoms with Crippen LogP contribution in [0.2, 0.25) is 0 Å². The van der Waals surface area contributed by atoms with Crippen LogP contribution in [0.5, 0.6) is 0 Å². The second-order valence-corrected chi connectivity index (χ2v) is 9.49. The van der Waals surface area contributed by atoms with Gasteiger partial charge in [0.05, 0.1) is 18.2 Å². The highest BCUT2D eigenvalue weighted by molar-refractivity contribution is 5.93. The lowest BCUT2D eigenvalue weighted by atomic mass is 9.98. The molecule has 1 heterocycles. The fourth-order valence-corrected chi connectivity index (χ4v) is 4.69. The molecule has 3 aromatic rings. The standard InChI is InChI=1S/C27H30N4O3/c1-17-7-5-6-10-21(17)22(16-25(32)33)28-27(34)23-15-24(29-26(18-11-12-18)19-13-14-19)31(30-23)20-8-3-2-4-9-20/h2-10,15,18-19,22,26,29H,11-14,16H2,1H3,(H,28,34)(H,32,33). The van der Waals surface area contributed by atoms with Crippen LogP contribution in [0.25, 0.3) is 5.69 Å². The maximum absolute atomic E-state index is 13.3. The van der Waals surface area contributed by atoms with Crippen molar-refractivity contribution in [2.75, 3.05) is 5.32 Å². The Morgan fingerprint density at radius 2 is 1.68 bits per heavy atom. The SMILES string of the molecule is Cc1ccccc1C(CC(=O)O)NC(=O)c1cc(NC(C2CC2)C2CC2)n(-c2ccccc2)n1. The number of hydrogen-bond donors (Lipinski definition) is 3. The first-order valence-corrected chi connectivity index (χ1v) is 12.0. The van der Waals surface area contributed by atoms with Gasteiger partial charge in [-0.05, 0) is 67.7 Å². The zero-order valence-corrected chi connectivity index (χ0v) is 19.3. The number of carbonyl (C=O) groups is 2. The molecule has 34 heavy (non-hydrogen) atoms. The van der Waals surface area contributed by atoms with Gasteiger partial charge in [0.25, 0.3) is 5.91 Å². The minimum Gasteiger partial charge on any atom is -0.481 e. The smallest absolute Gasteiger partial charge is 0.305 e. The predicted molar refractivity (Wildman–Crippen MR) is 130 cm³/mol. The lowest BCUT2D eigenvalue weighted by Gasteiger charge is -2.19. The van der Waals surface area contributed by atoms with Gasteiger partial charge in [0.2, 0.25) is 0 Å². The number of aliphatic carboxylic acids is 1. The summed E-state index contributed by atoms with van der Waals surface area (Å²) in [7, 11) is 0. The van der Waals surface area contributed by atoms with E-state index in [1.165, 1.54) is 25.7 Å². The van der Waals surface area contributed by atoms with Gasteiger partial charge in [0.1, 0.15) is 5.82 Å². The van der Waals surface area contributed by atoms with Crippen molar-refractivity contribution >= 4 is 17.7 Å². The molecule has 2 aliphatic carbocycles. The Morgan fingerprint density at radius 3 is 2.29 bits per heavy atom. The zero-order chi connectivity index (χ0) is 23.7. The molecule has 0 radical (unpaired) electrons. The number of hydrogen-bond acceptors (Lipinski definition) is 4. The monoisotopic (exact) mass is 458 g/mol. The number of amides is 1. The Labute approximate surface area is 199 Å². The maximum atomic E-state index is 13.3. The van der Waals surface area contributed by atoms with Crippen LogP contribution in [0.1, 0.15) is 59.8 Å². The molecule has 1 amide bonds. The fraction of sp³-hybridized carbons (Fsp3) is 0.370. The van der Waals surface area contributed by atoms with Crippen LogP contribution in [-0.4, -0.2) is 32.8 Å². The van der Waals surface area contributed by atoms with Gasteiger partial charge in [-0.2, -0.15) is 5.10 Å². The van der Waals surface area contributed by atoms with E-state index in [0.29, 0.717) is 17.9 Å². The second-order valence-electron chi connectivity index (χ2n) is 9.49. The number of aryl methyl sites for hydroxylation is 1. The van der Waals surface area contributed by atoms with E-state index < -0.39 is 12.0 Å². The van der Waals surface area contributed by atoms with Crippen LogP contribution in [0, 0.1) is 18.8 Å². The largest absolute Gasteiger partial charge is 0.481 e. The van der Waals surface area contributed by atoms with E-state index in [1.807, 2.05) is 61.5 Å². The average Bonchev–Trinajstić information content (AvgIpc) is 3.76. The zero-order valence-electron chi connectivity index (χ0n) is 19.3. The molecule has 0 spiro atoms. The van der Waals surface area contributed by atoms with Gasteiger partial charge in [0, 0.05) is 12.1 Å². The minimum absolute atomic E-state index is 0.202. The summed E-state index contributed by atoms with van der Waals surface area (Å²) in [4.78, 5) is 24.8. The summed E-state index contributed by atoms with van der Waals surface area (Å²) in [5.41, 5.74) is 2.86. The number of aromatic nitrogens is 2. The number of carboxylic acid groups (broad SMARTS) is 1. The number of para-hydroxylation sites is 1. The third-order valence-electron chi connectivity index (χ3n) is 6.77. The molecule has 1 aromatic heterocycles. The molecule has 2 aliphatic rings. The first-order chi connectivity index (χ1) is 16.5. The quantitative estimate of drug-likeness (QED) is 0.408. The molecular weight excluding hydrogens is 428 g/mol. The number of benzene rings is 2. The molecule has 3 N–H and O–H groups in total. The third-order valence-corrected chi connectivity index (χ3v) is 6.77. The van der Waals surface area contributed by atoms with Crippen LogP contribution in [0.15, 0.2) is 60.7 Å². The van der Waals surface area contributed by atoms with Gasteiger partial charge in [-0.15, -0.1) is 0 Å². The van der Waals surface area contributed by atoms with Crippen molar-refractivity contribution in [1.29, 1.82) is 0 Å². The molecule has 7 nitrogen and oxygen atoms in total. The minimum atomic E-state index is -0.970. The van der Waals surface area contributed by atoms with Crippen molar-refractivity contribution in [1.82, 2.24) is 15.1 Å². The van der Waals surface area contributed by atoms with Crippen molar-refractivity contribution in [2.45, 2.75) is 51.1 Å². The van der Waals surface area contributed by atoms with E-state index in [0.717, 1.165) is 22.6 Å². The van der Waals surface area contributed by atoms with E-state index in [9.17, 15) is 14.7 Å². The number of nitrogens with one attached hydrogen (secondary N) is 2. The Balaban J connectivity index is 1.44. The van der Waals surface area contributed by atoms with Crippen molar-refractivity contribution in [3.8, 4) is 5.69 Å². The normalized spacial score (nSPS) is 16.3. The van der Waals surface area contributed by atoms with E-state index >= 15 is 0 Å². The molecule has 7 heteroatoms. The van der Waals surface area contributed by atoms with Gasteiger partial charge in [-0.3, -0.25) is 9.59 Å². The summed E-state index contributed by atoms with van der Waals surface area (Å²) < 4.78 is 1.78. The average molecular weight is 459 g/mol. The Hall–Kier alpha value is -3.61. The fourth-order valence-electron chi connectivity index (χ4n) is 4.69. The summed E-state index contributed by atoms with van der Waals surface area (Å²) in [5, 5.41) is 20.7. The molecule has 2 aromatic carbocycles. The van der Waals surface area contributed by atoms with E-state index in [4.69, 9.17) is 0 Å². The Morgan fingerprint density at radius 1 is 1.03 bits per heavy atom. The van der Waals surface area contributed by atoms with E-state index in [-0.39, 0.29) is 18.0 Å². The first-order valence-electron chi connectivity index (χ1n) is 12.0. The van der Waals surface area contributed by atoms with Crippen molar-refractivity contribution < 1.29 is 14.7 Å². The van der Waals surface area contributed by atoms with Gasteiger partial charge in [-0.1, -0.05) is 42.5 Å². The second kappa shape index (κ2) is 9.33. The van der Waals surface area contributed by atoms with Gasteiger partial charge in [-0.25, -0.2) is 4.68 Å². The Kier molecular flexibility index (Phi) is 6.09. The summed E-state index contributed by atoms with van der Waals surface area (Å²) in [6.07, 6.45) is 4.78. The molecule has 0 aliphatic heterocycles. The number of carboxylic acids is 1. The summed E-state index contributed by atoms with van der Waals surface area (Å²) in [6.45, 7) is 1.92. The first kappa shape index (κ1) is 22.2. The lowest BCUT2D eigenvalue weighted by Crippen LogP contribution is -2.31. The van der Waals surface area contributed by atoms with Crippen molar-refractivity contribution in [3.63, 3.8) is 0 Å².